The molecular formula is C22H25F6N5O2. The van der Waals surface area contributed by atoms with Crippen LogP contribution in [0.1, 0.15) is 50.8 Å². The highest BCUT2D eigenvalue weighted by molar-refractivity contribution is 5.80. The Morgan fingerprint density at radius 3 is 2.31 bits per heavy atom. The van der Waals surface area contributed by atoms with Gasteiger partial charge < -0.3 is 14.8 Å². The van der Waals surface area contributed by atoms with Crippen molar-refractivity contribution in [2.24, 2.45) is 5.41 Å². The minimum atomic E-state index is -4.69. The van der Waals surface area contributed by atoms with Gasteiger partial charge in [-0.05, 0) is 23.5 Å². The van der Waals surface area contributed by atoms with E-state index in [1.807, 2.05) is 20.8 Å². The van der Waals surface area contributed by atoms with Crippen LogP contribution in [0.2, 0.25) is 0 Å². The van der Waals surface area contributed by atoms with Gasteiger partial charge in [0.2, 0.25) is 17.6 Å². The quantitative estimate of drug-likeness (QED) is 0.481. The molecule has 2 aromatic rings. The monoisotopic (exact) mass is 505 g/mol. The average molecular weight is 505 g/mol. The lowest BCUT2D eigenvalue weighted by atomic mass is 9.91. The number of nitrogens with one attached hydrogen (secondary N) is 1. The average Bonchev–Trinajstić information content (AvgIpc) is 3.14. The molecule has 13 heteroatoms. The van der Waals surface area contributed by atoms with Crippen LogP contribution < -0.4 is 5.32 Å². The molecule has 0 bridgehead atoms. The van der Waals surface area contributed by atoms with Crippen molar-refractivity contribution in [3.63, 3.8) is 0 Å². The van der Waals surface area contributed by atoms with Gasteiger partial charge in [0.25, 0.3) is 0 Å². The maximum Gasteiger partial charge on any atom is 0.451 e. The largest absolute Gasteiger partial charge is 0.451 e. The SMILES string of the molecule is CC(C)(C)CC(=O)N[C@@H](CC(=O)N1CCn2c(nnc2C(F)(F)F)C1)Cc1cc(F)c(F)cc1F. The first kappa shape index (κ1) is 26.5. The van der Waals surface area contributed by atoms with Gasteiger partial charge in [0.05, 0.1) is 6.54 Å². The molecule has 1 atom stereocenters. The number of rotatable bonds is 6. The van der Waals surface area contributed by atoms with Gasteiger partial charge >= 0.3 is 6.18 Å². The van der Waals surface area contributed by atoms with Crippen LogP contribution in [-0.4, -0.2) is 44.1 Å². The van der Waals surface area contributed by atoms with Crippen molar-refractivity contribution in [3.05, 3.63) is 46.8 Å². The molecule has 7 nitrogen and oxygen atoms in total. The fourth-order valence-electron chi connectivity index (χ4n) is 3.84. The van der Waals surface area contributed by atoms with Crippen LogP contribution in [0.15, 0.2) is 12.1 Å². The Balaban J connectivity index is 1.76. The van der Waals surface area contributed by atoms with Gasteiger partial charge in [-0.3, -0.25) is 9.59 Å². The highest BCUT2D eigenvalue weighted by atomic mass is 19.4. The molecule has 2 amide bonds. The number of nitrogens with zero attached hydrogens (tertiary/aromatic N) is 4. The summed E-state index contributed by atoms with van der Waals surface area (Å²) < 4.78 is 81.2. The molecule has 1 aromatic heterocycles. The third-order valence-electron chi connectivity index (χ3n) is 5.39. The standard InChI is InChI=1S/C22H25F6N5O2/c1-21(2,3)10-18(34)29-13(6-12-7-15(24)16(25)9-14(12)23)8-19(35)32-4-5-33-17(11-32)30-31-20(33)22(26,27)28/h7,9,13H,4-6,8,10-11H2,1-3H3,(H,29,34)/t13-/m1/s1. The predicted molar refractivity (Wildman–Crippen MR) is 111 cm³/mol. The first-order valence-corrected chi connectivity index (χ1v) is 10.8. The summed E-state index contributed by atoms with van der Waals surface area (Å²) in [4.78, 5) is 26.7. The molecule has 0 aliphatic carbocycles. The lowest BCUT2D eigenvalue weighted by Crippen LogP contribution is -2.45. The number of benzene rings is 1. The van der Waals surface area contributed by atoms with Crippen molar-refractivity contribution in [2.45, 2.75) is 65.3 Å². The van der Waals surface area contributed by atoms with E-state index in [4.69, 9.17) is 0 Å². The Morgan fingerprint density at radius 2 is 1.69 bits per heavy atom. The molecule has 192 valence electrons. The van der Waals surface area contributed by atoms with Crippen molar-refractivity contribution in [2.75, 3.05) is 6.54 Å². The number of carbonyl (C=O) groups is 2. The Bertz CT molecular complexity index is 1110. The zero-order valence-corrected chi connectivity index (χ0v) is 19.3. The minimum Gasteiger partial charge on any atom is -0.352 e. The van der Waals surface area contributed by atoms with Crippen molar-refractivity contribution < 1.29 is 35.9 Å². The molecule has 0 saturated heterocycles. The Hall–Kier alpha value is -3.12. The highest BCUT2D eigenvalue weighted by Gasteiger charge is 2.40. The van der Waals surface area contributed by atoms with Gasteiger partial charge in [0, 0.05) is 38.0 Å². The van der Waals surface area contributed by atoms with E-state index in [9.17, 15) is 35.9 Å². The van der Waals surface area contributed by atoms with Crippen molar-refractivity contribution in [1.82, 2.24) is 25.0 Å². The number of aromatic nitrogens is 3. The molecule has 0 fully saturated rings. The van der Waals surface area contributed by atoms with E-state index < -0.39 is 47.3 Å². The van der Waals surface area contributed by atoms with Crippen LogP contribution in [0.4, 0.5) is 26.3 Å². The first-order chi connectivity index (χ1) is 16.1. The van der Waals surface area contributed by atoms with E-state index in [1.165, 1.54) is 4.90 Å². The van der Waals surface area contributed by atoms with Gasteiger partial charge in [-0.25, -0.2) is 13.2 Å². The summed E-state index contributed by atoms with van der Waals surface area (Å²) in [6.45, 7) is 4.99. The maximum atomic E-state index is 14.2. The Kier molecular flexibility index (Phi) is 7.46. The van der Waals surface area contributed by atoms with E-state index in [1.54, 1.807) is 0 Å². The topological polar surface area (TPSA) is 80.1 Å². The zero-order chi connectivity index (χ0) is 26.1. The van der Waals surface area contributed by atoms with Crippen LogP contribution in [-0.2, 0) is 35.3 Å². The molecule has 0 spiro atoms. The molecule has 1 aliphatic rings. The Morgan fingerprint density at radius 1 is 1.03 bits per heavy atom. The summed E-state index contributed by atoms with van der Waals surface area (Å²) in [6, 6.07) is 0.0818. The normalized spacial score (nSPS) is 15.1. The van der Waals surface area contributed by atoms with E-state index in [-0.39, 0.29) is 55.7 Å². The second-order valence-corrected chi connectivity index (χ2v) is 9.67. The van der Waals surface area contributed by atoms with Crippen LogP contribution in [0.25, 0.3) is 0 Å². The summed E-state index contributed by atoms with van der Waals surface area (Å²) >= 11 is 0. The number of hydrogen-bond donors (Lipinski definition) is 1. The number of fused-ring (bicyclic) bond motifs is 1. The van der Waals surface area contributed by atoms with E-state index >= 15 is 0 Å². The zero-order valence-electron chi connectivity index (χ0n) is 19.3. The Labute approximate surface area is 197 Å². The number of alkyl halides is 3. The smallest absolute Gasteiger partial charge is 0.352 e. The van der Waals surface area contributed by atoms with Gasteiger partial charge in [0.1, 0.15) is 5.82 Å². The summed E-state index contributed by atoms with van der Waals surface area (Å²) in [5.74, 6) is -5.83. The molecule has 1 N–H and O–H groups in total. The van der Waals surface area contributed by atoms with Gasteiger partial charge in [0.15, 0.2) is 17.5 Å². The lowest BCUT2D eigenvalue weighted by molar-refractivity contribution is -0.148. The molecule has 1 aromatic carbocycles. The second kappa shape index (κ2) is 9.86. The van der Waals surface area contributed by atoms with E-state index in [0.717, 1.165) is 4.57 Å². The van der Waals surface area contributed by atoms with Crippen molar-refractivity contribution >= 4 is 11.8 Å². The van der Waals surface area contributed by atoms with Crippen LogP contribution in [0.3, 0.4) is 0 Å². The number of carbonyl (C=O) groups excluding carboxylic acids is 2. The summed E-state index contributed by atoms with van der Waals surface area (Å²) in [6.07, 6.45) is -5.24. The van der Waals surface area contributed by atoms with Crippen molar-refractivity contribution in [3.8, 4) is 0 Å². The predicted octanol–water partition coefficient (Wildman–Crippen LogP) is 3.61. The van der Waals surface area contributed by atoms with Crippen molar-refractivity contribution in [1.29, 1.82) is 0 Å². The molecule has 1 aliphatic heterocycles. The summed E-state index contributed by atoms with van der Waals surface area (Å²) in [5.41, 5.74) is -0.620. The second-order valence-electron chi connectivity index (χ2n) is 9.67. The number of hydrogen-bond acceptors (Lipinski definition) is 4. The summed E-state index contributed by atoms with van der Waals surface area (Å²) in [5, 5.41) is 9.33. The van der Waals surface area contributed by atoms with E-state index in [2.05, 4.69) is 15.5 Å². The van der Waals surface area contributed by atoms with Gasteiger partial charge in [-0.15, -0.1) is 10.2 Å². The van der Waals surface area contributed by atoms with E-state index in [0.29, 0.717) is 12.1 Å². The third-order valence-corrected chi connectivity index (χ3v) is 5.39. The van der Waals surface area contributed by atoms with Gasteiger partial charge in [-0.1, -0.05) is 20.8 Å². The maximum absolute atomic E-state index is 14.2. The molecule has 0 unspecified atom stereocenters. The lowest BCUT2D eigenvalue weighted by Gasteiger charge is -2.30. The third kappa shape index (κ3) is 6.73. The fourth-order valence-corrected chi connectivity index (χ4v) is 3.84. The molecule has 0 saturated carbocycles. The van der Waals surface area contributed by atoms with Gasteiger partial charge in [-0.2, -0.15) is 13.2 Å². The van der Waals surface area contributed by atoms with Crippen LogP contribution >= 0.6 is 0 Å². The highest BCUT2D eigenvalue weighted by Crippen LogP contribution is 2.29. The summed E-state index contributed by atoms with van der Waals surface area (Å²) in [7, 11) is 0. The molecule has 35 heavy (non-hydrogen) atoms. The molecule has 2 heterocycles. The molecule has 0 radical (unpaired) electrons. The number of amides is 2. The number of halogens is 6. The fraction of sp³-hybridized carbons (Fsp3) is 0.545. The van der Waals surface area contributed by atoms with Crippen LogP contribution in [0, 0.1) is 22.9 Å². The first-order valence-electron chi connectivity index (χ1n) is 10.8. The molecular weight excluding hydrogens is 480 g/mol. The molecule has 3 rings (SSSR count). The minimum absolute atomic E-state index is 0.0445. The van der Waals surface area contributed by atoms with Crippen LogP contribution in [0.5, 0.6) is 0 Å².